The average molecular weight is 169 g/mol. The minimum atomic E-state index is -3.72. The molecule has 1 unspecified atom stereocenters. The van der Waals surface area contributed by atoms with Crippen LogP contribution < -0.4 is 5.14 Å². The smallest absolute Gasteiger partial charge is 0.227 e. The second-order valence-electron chi connectivity index (χ2n) is 1.36. The first-order valence-corrected chi connectivity index (χ1v) is 4.05. The number of sulfonamides is 1. The molecule has 1 atom stereocenters. The average Bonchev–Trinajstić information content (AvgIpc) is 1.64. The van der Waals surface area contributed by atoms with E-state index in [1.807, 2.05) is 0 Å². The van der Waals surface area contributed by atoms with Crippen LogP contribution in [0.15, 0.2) is 0 Å². The molecule has 0 spiro atoms. The highest BCUT2D eigenvalue weighted by atomic mass is 35.5. The van der Waals surface area contributed by atoms with Crippen LogP contribution in [0.25, 0.3) is 0 Å². The van der Waals surface area contributed by atoms with Gasteiger partial charge < -0.3 is 0 Å². The number of nitriles is 1. The lowest BCUT2D eigenvalue weighted by atomic mass is 10.6. The summed E-state index contributed by atoms with van der Waals surface area (Å²) in [4.78, 5) is 0. The molecule has 0 aromatic rings. The van der Waals surface area contributed by atoms with E-state index in [1.165, 1.54) is 0 Å². The maximum absolute atomic E-state index is 10.2. The van der Waals surface area contributed by atoms with E-state index in [9.17, 15) is 8.42 Å². The van der Waals surface area contributed by atoms with Gasteiger partial charge in [0.15, 0.2) is 4.71 Å². The summed E-state index contributed by atoms with van der Waals surface area (Å²) in [5.41, 5.74) is 0. The highest BCUT2D eigenvalue weighted by molar-refractivity contribution is 7.91. The van der Waals surface area contributed by atoms with E-state index in [0.29, 0.717) is 0 Å². The Morgan fingerprint density at radius 1 is 1.78 bits per heavy atom. The number of hydrogen-bond acceptors (Lipinski definition) is 3. The van der Waals surface area contributed by atoms with Gasteiger partial charge in [-0.05, 0) is 0 Å². The van der Waals surface area contributed by atoms with Gasteiger partial charge in [0, 0.05) is 0 Å². The first kappa shape index (κ1) is 8.69. The highest BCUT2D eigenvalue weighted by Gasteiger charge is 2.16. The van der Waals surface area contributed by atoms with Crippen molar-refractivity contribution in [2.45, 2.75) is 11.1 Å². The monoisotopic (exact) mass is 168 g/mol. The number of rotatable bonds is 2. The van der Waals surface area contributed by atoms with E-state index in [2.05, 4.69) is 5.14 Å². The molecular formula is C3H5ClN2O2S. The molecule has 52 valence electrons. The van der Waals surface area contributed by atoms with E-state index in [0.717, 1.165) is 0 Å². The standard InChI is InChI=1S/C3H5ClN2O2S/c4-3(1-2-5)9(6,7)8/h3H,1H2,(H2,6,7,8). The first-order chi connectivity index (χ1) is 3.98. The zero-order chi connectivity index (χ0) is 7.49. The zero-order valence-electron chi connectivity index (χ0n) is 4.41. The molecule has 0 aliphatic carbocycles. The third-order valence-corrected chi connectivity index (χ3v) is 2.39. The fourth-order valence-electron chi connectivity index (χ4n) is 0.188. The highest BCUT2D eigenvalue weighted by Crippen LogP contribution is 2.04. The van der Waals surface area contributed by atoms with E-state index in [1.54, 1.807) is 6.07 Å². The van der Waals surface area contributed by atoms with Crippen LogP contribution in [0.4, 0.5) is 0 Å². The summed E-state index contributed by atoms with van der Waals surface area (Å²) in [6, 6.07) is 1.58. The number of hydrogen-bond donors (Lipinski definition) is 1. The largest absolute Gasteiger partial charge is 0.227 e. The Morgan fingerprint density at radius 3 is 2.33 bits per heavy atom. The third-order valence-electron chi connectivity index (χ3n) is 0.608. The van der Waals surface area contributed by atoms with Gasteiger partial charge in [0.05, 0.1) is 12.5 Å². The van der Waals surface area contributed by atoms with E-state index in [4.69, 9.17) is 16.9 Å². The van der Waals surface area contributed by atoms with E-state index in [-0.39, 0.29) is 6.42 Å². The van der Waals surface area contributed by atoms with Gasteiger partial charge in [-0.3, -0.25) is 0 Å². The molecule has 6 heteroatoms. The number of nitrogens with two attached hydrogens (primary N) is 1. The molecule has 0 aliphatic rings. The predicted octanol–water partition coefficient (Wildman–Crippen LogP) is -0.247. The molecule has 0 aliphatic heterocycles. The van der Waals surface area contributed by atoms with Crippen molar-refractivity contribution in [2.75, 3.05) is 0 Å². The summed E-state index contributed by atoms with van der Waals surface area (Å²) in [7, 11) is -3.72. The maximum atomic E-state index is 10.2. The van der Waals surface area contributed by atoms with Gasteiger partial charge in [-0.25, -0.2) is 13.6 Å². The molecule has 2 N–H and O–H groups in total. The molecule has 0 fully saturated rings. The molecule has 9 heavy (non-hydrogen) atoms. The summed E-state index contributed by atoms with van der Waals surface area (Å²) in [5, 5.41) is 12.5. The van der Waals surface area contributed by atoms with Gasteiger partial charge in [-0.2, -0.15) is 5.26 Å². The summed E-state index contributed by atoms with van der Waals surface area (Å²) in [5.74, 6) is 0. The molecule has 0 amide bonds. The minimum absolute atomic E-state index is 0.277. The summed E-state index contributed by atoms with van der Waals surface area (Å²) in [6.07, 6.45) is -0.277. The van der Waals surface area contributed by atoms with Crippen LogP contribution in [0.2, 0.25) is 0 Å². The van der Waals surface area contributed by atoms with Crippen molar-refractivity contribution in [3.8, 4) is 6.07 Å². The predicted molar refractivity (Wildman–Crippen MR) is 33.0 cm³/mol. The Hall–Kier alpha value is -0.310. The van der Waals surface area contributed by atoms with Crippen LogP contribution in [-0.4, -0.2) is 13.1 Å². The summed E-state index contributed by atoms with van der Waals surface area (Å²) < 4.78 is 19.2. The molecule has 0 radical (unpaired) electrons. The van der Waals surface area contributed by atoms with Crippen molar-refractivity contribution < 1.29 is 8.42 Å². The van der Waals surface area contributed by atoms with Crippen LogP contribution >= 0.6 is 11.6 Å². The minimum Gasteiger partial charge on any atom is -0.227 e. The zero-order valence-corrected chi connectivity index (χ0v) is 5.98. The topological polar surface area (TPSA) is 83.9 Å². The number of halogens is 1. The Morgan fingerprint density at radius 2 is 2.22 bits per heavy atom. The lowest BCUT2D eigenvalue weighted by Gasteiger charge is -1.98. The SMILES string of the molecule is N#CCC(Cl)S(N)(=O)=O. The van der Waals surface area contributed by atoms with Gasteiger partial charge in [0.2, 0.25) is 10.0 Å². The Kier molecular flexibility index (Phi) is 2.91. The van der Waals surface area contributed by atoms with Gasteiger partial charge >= 0.3 is 0 Å². The molecule has 0 aromatic carbocycles. The maximum Gasteiger partial charge on any atom is 0.227 e. The van der Waals surface area contributed by atoms with Gasteiger partial charge in [0.25, 0.3) is 0 Å². The number of primary sulfonamides is 1. The normalized spacial score (nSPS) is 14.3. The molecular weight excluding hydrogens is 164 g/mol. The Balaban J connectivity index is 4.10. The molecule has 0 aromatic heterocycles. The van der Waals surface area contributed by atoms with Crippen molar-refractivity contribution in [2.24, 2.45) is 5.14 Å². The lowest BCUT2D eigenvalue weighted by Crippen LogP contribution is -2.23. The molecule has 0 heterocycles. The van der Waals surface area contributed by atoms with Crippen LogP contribution in [-0.2, 0) is 10.0 Å². The van der Waals surface area contributed by atoms with Crippen LogP contribution in [0, 0.1) is 11.3 Å². The second kappa shape index (κ2) is 3.01. The van der Waals surface area contributed by atoms with Crippen LogP contribution in [0.3, 0.4) is 0 Å². The molecule has 4 nitrogen and oxygen atoms in total. The number of nitrogens with zero attached hydrogens (tertiary/aromatic N) is 1. The van der Waals surface area contributed by atoms with E-state index >= 15 is 0 Å². The number of alkyl halides is 1. The molecule has 0 saturated carbocycles. The third kappa shape index (κ3) is 3.30. The van der Waals surface area contributed by atoms with E-state index < -0.39 is 14.7 Å². The Bertz CT molecular complexity index is 216. The van der Waals surface area contributed by atoms with Crippen molar-refractivity contribution in [3.05, 3.63) is 0 Å². The fraction of sp³-hybridized carbons (Fsp3) is 0.667. The molecule has 0 rings (SSSR count). The van der Waals surface area contributed by atoms with Crippen molar-refractivity contribution in [1.29, 1.82) is 5.26 Å². The lowest BCUT2D eigenvalue weighted by molar-refractivity contribution is 0.594. The summed E-state index contributed by atoms with van der Waals surface area (Å²) >= 11 is 5.12. The van der Waals surface area contributed by atoms with Gasteiger partial charge in [-0.1, -0.05) is 0 Å². The Labute approximate surface area is 58.3 Å². The second-order valence-corrected chi connectivity index (χ2v) is 3.89. The van der Waals surface area contributed by atoms with Crippen molar-refractivity contribution in [1.82, 2.24) is 0 Å². The summed E-state index contributed by atoms with van der Waals surface area (Å²) in [6.45, 7) is 0. The van der Waals surface area contributed by atoms with Gasteiger partial charge in [0.1, 0.15) is 0 Å². The van der Waals surface area contributed by atoms with Gasteiger partial charge in [-0.15, -0.1) is 11.6 Å². The molecule has 0 saturated heterocycles. The molecule has 0 bridgehead atoms. The quantitative estimate of drug-likeness (QED) is 0.578. The van der Waals surface area contributed by atoms with Crippen LogP contribution in [0.5, 0.6) is 0 Å². The van der Waals surface area contributed by atoms with Crippen molar-refractivity contribution >= 4 is 21.6 Å². The van der Waals surface area contributed by atoms with Crippen LogP contribution in [0.1, 0.15) is 6.42 Å². The fourth-order valence-corrected chi connectivity index (χ4v) is 0.564. The first-order valence-electron chi connectivity index (χ1n) is 2.01. The van der Waals surface area contributed by atoms with Crippen molar-refractivity contribution in [3.63, 3.8) is 0 Å².